The van der Waals surface area contributed by atoms with Crippen molar-refractivity contribution in [3.05, 3.63) is 28.0 Å². The van der Waals surface area contributed by atoms with Gasteiger partial charge < -0.3 is 25.4 Å². The van der Waals surface area contributed by atoms with Crippen LogP contribution < -0.4 is 25.4 Å². The van der Waals surface area contributed by atoms with Crippen LogP contribution in [0.4, 0.5) is 33.6 Å². The molecule has 4 aliphatic rings. The van der Waals surface area contributed by atoms with Gasteiger partial charge in [0.25, 0.3) is 0 Å². The Labute approximate surface area is 254 Å². The van der Waals surface area contributed by atoms with Gasteiger partial charge in [0.15, 0.2) is 11.6 Å². The van der Waals surface area contributed by atoms with Gasteiger partial charge in [-0.2, -0.15) is 23.1 Å². The van der Waals surface area contributed by atoms with Gasteiger partial charge in [0.1, 0.15) is 36.0 Å². The lowest BCUT2D eigenvalue weighted by molar-refractivity contribution is -0.137. The molecule has 0 bridgehead atoms. The summed E-state index contributed by atoms with van der Waals surface area (Å²) in [5.41, 5.74) is 2.21. The van der Waals surface area contributed by atoms with Crippen molar-refractivity contribution in [1.29, 1.82) is 0 Å². The van der Waals surface area contributed by atoms with Crippen molar-refractivity contribution >= 4 is 34.1 Å². The predicted molar refractivity (Wildman–Crippen MR) is 155 cm³/mol. The minimum Gasteiger partial charge on any atom is -0.486 e. The maximum Gasteiger partial charge on any atom is 0.418 e. The average Bonchev–Trinajstić information content (AvgIpc) is 3.44. The Bertz CT molecular complexity index is 1660. The zero-order valence-electron chi connectivity index (χ0n) is 24.1. The molecule has 44 heavy (non-hydrogen) atoms. The summed E-state index contributed by atoms with van der Waals surface area (Å²) in [6, 6.07) is 0.618. The van der Waals surface area contributed by atoms with Gasteiger partial charge >= 0.3 is 12.2 Å². The largest absolute Gasteiger partial charge is 0.486 e. The fraction of sp³-hybridized carbons (Fsp3) is 0.552. The predicted octanol–water partition coefficient (Wildman–Crippen LogP) is 4.91. The number of pyridine rings is 1. The number of anilines is 2. The fourth-order valence-electron chi connectivity index (χ4n) is 7.41. The van der Waals surface area contributed by atoms with Crippen LogP contribution in [0.3, 0.4) is 0 Å². The minimum atomic E-state index is -4.90. The van der Waals surface area contributed by atoms with E-state index >= 15 is 4.39 Å². The molecule has 2 unspecified atom stereocenters. The lowest BCUT2D eigenvalue weighted by Crippen LogP contribution is -2.54. The van der Waals surface area contributed by atoms with Gasteiger partial charge in [-0.3, -0.25) is 4.90 Å². The maximum atomic E-state index is 16.8. The van der Waals surface area contributed by atoms with E-state index in [9.17, 15) is 17.6 Å². The van der Waals surface area contributed by atoms with Crippen molar-refractivity contribution < 1.29 is 31.4 Å². The highest BCUT2D eigenvalue weighted by Gasteiger charge is 2.50. The molecule has 236 valence electrons. The summed E-state index contributed by atoms with van der Waals surface area (Å²) < 4.78 is 86.8. The number of piperidine rings is 1. The van der Waals surface area contributed by atoms with Crippen molar-refractivity contribution in [1.82, 2.24) is 25.2 Å². The Hall–Kier alpha value is -3.23. The van der Waals surface area contributed by atoms with Crippen LogP contribution in [0.15, 0.2) is 6.07 Å². The quantitative estimate of drug-likeness (QED) is 0.386. The zero-order valence-corrected chi connectivity index (χ0v) is 24.8. The molecule has 1 aromatic carbocycles. The number of alkyl halides is 4. The molecule has 0 radical (unpaired) electrons. The van der Waals surface area contributed by atoms with Crippen LogP contribution >= 0.6 is 11.6 Å². The van der Waals surface area contributed by atoms with E-state index in [0.29, 0.717) is 32.5 Å². The number of nitrogens with zero attached hydrogens (tertiary/aromatic N) is 5. The Morgan fingerprint density at radius 2 is 2.07 bits per heavy atom. The number of likely N-dealkylation sites (N-methyl/N-ethyl adjacent to an activating group) is 1. The smallest absolute Gasteiger partial charge is 0.418 e. The van der Waals surface area contributed by atoms with Crippen LogP contribution in [0.25, 0.3) is 22.2 Å². The first-order valence-electron chi connectivity index (χ1n) is 14.6. The maximum absolute atomic E-state index is 16.8. The lowest BCUT2D eigenvalue weighted by Gasteiger charge is -2.36. The summed E-state index contributed by atoms with van der Waals surface area (Å²) in [5, 5.41) is 3.04. The van der Waals surface area contributed by atoms with Gasteiger partial charge in [-0.15, -0.1) is 0 Å². The van der Waals surface area contributed by atoms with Crippen LogP contribution in [0.2, 0.25) is 5.02 Å². The van der Waals surface area contributed by atoms with E-state index in [4.69, 9.17) is 26.8 Å². The van der Waals surface area contributed by atoms with Crippen LogP contribution in [0.1, 0.15) is 36.8 Å². The third kappa shape index (κ3) is 4.59. The highest BCUT2D eigenvalue weighted by atomic mass is 35.5. The number of hydrogen-bond acceptors (Lipinski definition) is 9. The van der Waals surface area contributed by atoms with Crippen LogP contribution in [-0.2, 0) is 6.18 Å². The normalized spacial score (nSPS) is 26.8. The standard InChI is InChI=1S/C29H31ClF5N7O2/c1-13-8-17(36)38-23(20(13)29(33,34)35)18-21(30)25-19-24(22(18)32)39-27(43-12-28-5-3-7-42(28)11-14(31)9-28)40-26(19)41(2)15-10-37-6-4-16(15)44-25/h8,14-16,37H,3-7,9-12H2,1-2H3,(H2,36,38)/t14-,15?,16?,28+/m1/s1. The molecule has 7 rings (SSSR count). The summed E-state index contributed by atoms with van der Waals surface area (Å²) in [7, 11) is 1.78. The summed E-state index contributed by atoms with van der Waals surface area (Å²) >= 11 is 6.80. The first-order chi connectivity index (χ1) is 20.9. The molecular formula is C29H31ClF5N7O2. The highest BCUT2D eigenvalue weighted by Crippen LogP contribution is 2.51. The first kappa shape index (κ1) is 29.5. The number of fused-ring (bicyclic) bond motifs is 2. The summed E-state index contributed by atoms with van der Waals surface area (Å²) in [6.07, 6.45) is -3.84. The van der Waals surface area contributed by atoms with E-state index < -0.39 is 46.6 Å². The topological polar surface area (TPSA) is 102 Å². The molecule has 0 saturated carbocycles. The number of aromatic nitrogens is 3. The van der Waals surface area contributed by atoms with Gasteiger partial charge in [-0.25, -0.2) is 13.8 Å². The molecule has 3 aromatic rings. The average molecular weight is 640 g/mol. The minimum absolute atomic E-state index is 0.0347. The van der Waals surface area contributed by atoms with Crippen molar-refractivity contribution in [2.45, 2.75) is 62.6 Å². The van der Waals surface area contributed by atoms with Gasteiger partial charge in [0.2, 0.25) is 0 Å². The highest BCUT2D eigenvalue weighted by molar-refractivity contribution is 6.36. The molecule has 6 heterocycles. The van der Waals surface area contributed by atoms with E-state index in [1.807, 2.05) is 4.90 Å². The zero-order chi connectivity index (χ0) is 31.1. The molecule has 4 aliphatic heterocycles. The number of halogens is 6. The third-order valence-corrected chi connectivity index (χ3v) is 9.78. The third-order valence-electron chi connectivity index (χ3n) is 9.42. The lowest BCUT2D eigenvalue weighted by atomic mass is 9.95. The number of aryl methyl sites for hydroxylation is 1. The van der Waals surface area contributed by atoms with Gasteiger partial charge in [-0.05, 0) is 50.9 Å². The first-order valence-corrected chi connectivity index (χ1v) is 15.0. The Balaban J connectivity index is 1.45. The summed E-state index contributed by atoms with van der Waals surface area (Å²) in [4.78, 5) is 16.9. The molecule has 4 atom stereocenters. The fourth-order valence-corrected chi connectivity index (χ4v) is 7.72. The number of nitrogens with two attached hydrogens (primary N) is 1. The van der Waals surface area contributed by atoms with E-state index in [0.717, 1.165) is 25.5 Å². The molecule has 3 saturated heterocycles. The molecule has 2 aromatic heterocycles. The van der Waals surface area contributed by atoms with Gasteiger partial charge in [-0.1, -0.05) is 11.6 Å². The van der Waals surface area contributed by atoms with E-state index in [1.165, 1.54) is 6.92 Å². The SMILES string of the molecule is Cc1cc(N)nc(-c2c(Cl)c3c4c(nc(OC[C@@]56CCCN5C[C@H](F)C6)nc4c2F)N(C)C2CNCCC2O3)c1C(F)(F)F. The van der Waals surface area contributed by atoms with Gasteiger partial charge in [0, 0.05) is 26.6 Å². The summed E-state index contributed by atoms with van der Waals surface area (Å²) in [6.45, 7) is 3.50. The molecule has 0 aliphatic carbocycles. The van der Waals surface area contributed by atoms with E-state index in [-0.39, 0.29) is 57.5 Å². The molecule has 15 heteroatoms. The second-order valence-corrected chi connectivity index (χ2v) is 12.5. The van der Waals surface area contributed by atoms with Crippen molar-refractivity contribution in [2.24, 2.45) is 0 Å². The number of nitrogens with one attached hydrogen (secondary N) is 1. The van der Waals surface area contributed by atoms with Crippen molar-refractivity contribution in [2.75, 3.05) is 50.5 Å². The van der Waals surface area contributed by atoms with Crippen molar-refractivity contribution in [3.8, 4) is 23.0 Å². The number of ether oxygens (including phenoxy) is 2. The molecule has 3 fully saturated rings. The Morgan fingerprint density at radius 1 is 1.27 bits per heavy atom. The molecule has 9 nitrogen and oxygen atoms in total. The van der Waals surface area contributed by atoms with Crippen molar-refractivity contribution in [3.63, 3.8) is 0 Å². The molecular weight excluding hydrogens is 609 g/mol. The number of hydrogen-bond donors (Lipinski definition) is 2. The molecule has 0 spiro atoms. The van der Waals surface area contributed by atoms with Crippen LogP contribution in [-0.4, -0.2) is 83.5 Å². The summed E-state index contributed by atoms with van der Waals surface area (Å²) in [5.74, 6) is -1.16. The Morgan fingerprint density at radius 3 is 2.84 bits per heavy atom. The number of rotatable bonds is 4. The molecule has 0 amide bonds. The monoisotopic (exact) mass is 639 g/mol. The number of benzene rings is 1. The Kier molecular flexibility index (Phi) is 6.98. The van der Waals surface area contributed by atoms with Gasteiger partial charge in [0.05, 0.1) is 38.8 Å². The van der Waals surface area contributed by atoms with Crippen LogP contribution in [0, 0.1) is 12.7 Å². The number of nitrogen functional groups attached to an aromatic ring is 1. The molecule has 3 N–H and O–H groups in total. The second-order valence-electron chi connectivity index (χ2n) is 12.2. The van der Waals surface area contributed by atoms with Crippen LogP contribution in [0.5, 0.6) is 11.8 Å². The second kappa shape index (κ2) is 10.4. The van der Waals surface area contributed by atoms with E-state index in [1.54, 1.807) is 7.05 Å². The van der Waals surface area contributed by atoms with E-state index in [2.05, 4.69) is 25.2 Å².